The Kier molecular flexibility index (Phi) is 6.63. The molecule has 0 spiro atoms. The van der Waals surface area contributed by atoms with Crippen LogP contribution in [0, 0.1) is 13.8 Å². The summed E-state index contributed by atoms with van der Waals surface area (Å²) in [6, 6.07) is 16.5. The van der Waals surface area contributed by atoms with E-state index in [1.54, 1.807) is 0 Å². The van der Waals surface area contributed by atoms with E-state index in [0.717, 1.165) is 56.6 Å². The molecule has 2 aromatic rings. The lowest BCUT2D eigenvalue weighted by Gasteiger charge is -2.37. The SMILES string of the molecule is CCCCCN1C(=O)C(c2ccc(C)cc2)=C(N2CCN(c3cccc(C)c3)CC2)C1=O. The highest BCUT2D eigenvalue weighted by Crippen LogP contribution is 2.33. The minimum atomic E-state index is -0.147. The quantitative estimate of drug-likeness (QED) is 0.482. The standard InChI is InChI=1S/C27H33N3O2/c1-4-5-6-14-30-26(31)24(22-12-10-20(2)11-13-22)25(27(30)32)29-17-15-28(16-18-29)23-9-7-8-21(3)19-23/h7-13,19H,4-6,14-18H2,1-3H3. The lowest BCUT2D eigenvalue weighted by Crippen LogP contribution is -2.47. The molecular weight excluding hydrogens is 398 g/mol. The van der Waals surface area contributed by atoms with Crippen LogP contribution in [0.5, 0.6) is 0 Å². The fourth-order valence-corrected chi connectivity index (χ4v) is 4.57. The second-order valence-electron chi connectivity index (χ2n) is 8.87. The number of imide groups is 1. The molecule has 4 rings (SSSR count). The van der Waals surface area contributed by atoms with E-state index in [1.165, 1.54) is 16.2 Å². The van der Waals surface area contributed by atoms with Gasteiger partial charge in [0.15, 0.2) is 0 Å². The third-order valence-electron chi connectivity index (χ3n) is 6.43. The average molecular weight is 432 g/mol. The Balaban J connectivity index is 1.60. The largest absolute Gasteiger partial charge is 0.368 e. The molecule has 1 fully saturated rings. The Morgan fingerprint density at radius 2 is 1.47 bits per heavy atom. The molecule has 0 atom stereocenters. The van der Waals surface area contributed by atoms with Crippen LogP contribution in [-0.4, -0.2) is 54.3 Å². The molecule has 0 radical (unpaired) electrons. The molecule has 168 valence electrons. The predicted molar refractivity (Wildman–Crippen MR) is 129 cm³/mol. The summed E-state index contributed by atoms with van der Waals surface area (Å²) in [6.07, 6.45) is 2.92. The fraction of sp³-hybridized carbons (Fsp3) is 0.407. The van der Waals surface area contributed by atoms with Crippen molar-refractivity contribution in [1.29, 1.82) is 0 Å². The molecule has 0 saturated carbocycles. The van der Waals surface area contributed by atoms with Gasteiger partial charge in [0.25, 0.3) is 11.8 Å². The van der Waals surface area contributed by atoms with E-state index in [1.807, 2.05) is 31.2 Å². The van der Waals surface area contributed by atoms with Crippen molar-refractivity contribution in [3.05, 3.63) is 70.9 Å². The highest BCUT2D eigenvalue weighted by molar-refractivity contribution is 6.35. The molecule has 2 aliphatic heterocycles. The van der Waals surface area contributed by atoms with Gasteiger partial charge in [0.2, 0.25) is 0 Å². The number of hydrogen-bond acceptors (Lipinski definition) is 4. The number of unbranched alkanes of at least 4 members (excludes halogenated alkanes) is 2. The van der Waals surface area contributed by atoms with Crippen LogP contribution in [0.3, 0.4) is 0 Å². The number of hydrogen-bond donors (Lipinski definition) is 0. The van der Waals surface area contributed by atoms with Crippen molar-refractivity contribution in [3.8, 4) is 0 Å². The van der Waals surface area contributed by atoms with E-state index in [2.05, 4.69) is 47.9 Å². The second-order valence-corrected chi connectivity index (χ2v) is 8.87. The summed E-state index contributed by atoms with van der Waals surface area (Å²) in [7, 11) is 0. The van der Waals surface area contributed by atoms with Gasteiger partial charge in [-0.05, 0) is 43.5 Å². The van der Waals surface area contributed by atoms with Crippen LogP contribution >= 0.6 is 0 Å². The van der Waals surface area contributed by atoms with Crippen LogP contribution in [0.4, 0.5) is 5.69 Å². The molecule has 0 bridgehead atoms. The smallest absolute Gasteiger partial charge is 0.277 e. The van der Waals surface area contributed by atoms with Crippen molar-refractivity contribution in [2.75, 3.05) is 37.6 Å². The van der Waals surface area contributed by atoms with Gasteiger partial charge in [0.05, 0.1) is 5.57 Å². The molecule has 0 N–H and O–H groups in total. The maximum atomic E-state index is 13.4. The van der Waals surface area contributed by atoms with Crippen LogP contribution < -0.4 is 4.90 Å². The van der Waals surface area contributed by atoms with Gasteiger partial charge in [0, 0.05) is 38.4 Å². The molecule has 2 heterocycles. The van der Waals surface area contributed by atoms with Crippen LogP contribution in [0.25, 0.3) is 5.57 Å². The summed E-state index contributed by atoms with van der Waals surface area (Å²) >= 11 is 0. The van der Waals surface area contributed by atoms with Crippen molar-refractivity contribution in [1.82, 2.24) is 9.80 Å². The molecule has 5 nitrogen and oxygen atoms in total. The first-order chi connectivity index (χ1) is 15.5. The number of amides is 2. The number of carbonyl (C=O) groups excluding carboxylic acids is 2. The van der Waals surface area contributed by atoms with Gasteiger partial charge in [-0.25, -0.2) is 0 Å². The molecular formula is C27H33N3O2. The monoisotopic (exact) mass is 431 g/mol. The van der Waals surface area contributed by atoms with Gasteiger partial charge in [0.1, 0.15) is 5.70 Å². The average Bonchev–Trinajstić information content (AvgIpc) is 3.05. The lowest BCUT2D eigenvalue weighted by molar-refractivity contribution is -0.137. The minimum absolute atomic E-state index is 0.134. The Morgan fingerprint density at radius 3 is 2.12 bits per heavy atom. The third-order valence-corrected chi connectivity index (χ3v) is 6.43. The molecule has 32 heavy (non-hydrogen) atoms. The highest BCUT2D eigenvalue weighted by Gasteiger charge is 2.41. The summed E-state index contributed by atoms with van der Waals surface area (Å²) in [6.45, 7) is 9.85. The van der Waals surface area contributed by atoms with E-state index >= 15 is 0 Å². The molecule has 1 saturated heterocycles. The van der Waals surface area contributed by atoms with Gasteiger partial charge in [-0.3, -0.25) is 14.5 Å². The maximum absolute atomic E-state index is 13.4. The molecule has 5 heteroatoms. The van der Waals surface area contributed by atoms with Crippen molar-refractivity contribution in [2.45, 2.75) is 40.0 Å². The number of carbonyl (C=O) groups is 2. The molecule has 0 aromatic heterocycles. The van der Waals surface area contributed by atoms with E-state index in [0.29, 0.717) is 17.8 Å². The van der Waals surface area contributed by atoms with E-state index in [4.69, 9.17) is 0 Å². The first kappa shape index (κ1) is 22.1. The molecule has 2 aromatic carbocycles. The number of rotatable bonds is 7. The summed E-state index contributed by atoms with van der Waals surface area (Å²) in [4.78, 5) is 32.8. The maximum Gasteiger partial charge on any atom is 0.277 e. The van der Waals surface area contributed by atoms with Crippen LogP contribution in [-0.2, 0) is 9.59 Å². The number of anilines is 1. The van der Waals surface area contributed by atoms with Gasteiger partial charge >= 0.3 is 0 Å². The number of nitrogens with zero attached hydrogens (tertiary/aromatic N) is 3. The summed E-state index contributed by atoms with van der Waals surface area (Å²) in [5, 5.41) is 0. The van der Waals surface area contributed by atoms with Crippen molar-refractivity contribution >= 4 is 23.1 Å². The van der Waals surface area contributed by atoms with E-state index in [9.17, 15) is 9.59 Å². The predicted octanol–water partition coefficient (Wildman–Crippen LogP) is 4.40. The zero-order valence-electron chi connectivity index (χ0n) is 19.4. The van der Waals surface area contributed by atoms with Gasteiger partial charge in [-0.2, -0.15) is 0 Å². The molecule has 0 unspecified atom stereocenters. The van der Waals surface area contributed by atoms with E-state index < -0.39 is 0 Å². The fourth-order valence-electron chi connectivity index (χ4n) is 4.57. The van der Waals surface area contributed by atoms with Crippen molar-refractivity contribution in [3.63, 3.8) is 0 Å². The highest BCUT2D eigenvalue weighted by atomic mass is 16.2. The van der Waals surface area contributed by atoms with Crippen molar-refractivity contribution in [2.24, 2.45) is 0 Å². The topological polar surface area (TPSA) is 43.9 Å². The zero-order valence-corrected chi connectivity index (χ0v) is 19.4. The Labute approximate surface area is 191 Å². The van der Waals surface area contributed by atoms with Crippen LogP contribution in [0.1, 0.15) is 42.9 Å². The van der Waals surface area contributed by atoms with Crippen LogP contribution in [0.15, 0.2) is 54.2 Å². The van der Waals surface area contributed by atoms with Crippen LogP contribution in [0.2, 0.25) is 0 Å². The Morgan fingerprint density at radius 1 is 0.781 bits per heavy atom. The second kappa shape index (κ2) is 9.60. The normalized spacial score (nSPS) is 17.0. The zero-order chi connectivity index (χ0) is 22.7. The number of aryl methyl sites for hydroxylation is 2. The summed E-state index contributed by atoms with van der Waals surface area (Å²) in [5.74, 6) is -0.281. The summed E-state index contributed by atoms with van der Waals surface area (Å²) < 4.78 is 0. The molecule has 2 amide bonds. The summed E-state index contributed by atoms with van der Waals surface area (Å²) in [5.41, 5.74) is 5.58. The first-order valence-electron chi connectivity index (χ1n) is 11.7. The van der Waals surface area contributed by atoms with E-state index in [-0.39, 0.29) is 11.8 Å². The Bertz CT molecular complexity index is 1020. The first-order valence-corrected chi connectivity index (χ1v) is 11.7. The van der Waals surface area contributed by atoms with Gasteiger partial charge < -0.3 is 9.80 Å². The Hall–Kier alpha value is -3.08. The minimum Gasteiger partial charge on any atom is -0.368 e. The van der Waals surface area contributed by atoms with Gasteiger partial charge in [-0.15, -0.1) is 0 Å². The lowest BCUT2D eigenvalue weighted by atomic mass is 10.0. The number of piperazine rings is 1. The third kappa shape index (κ3) is 4.43. The molecule has 2 aliphatic rings. The van der Waals surface area contributed by atoms with Crippen molar-refractivity contribution < 1.29 is 9.59 Å². The molecule has 0 aliphatic carbocycles. The number of benzene rings is 2. The van der Waals surface area contributed by atoms with Gasteiger partial charge in [-0.1, -0.05) is 61.7 Å².